The third-order valence-corrected chi connectivity index (χ3v) is 16.5. The van der Waals surface area contributed by atoms with Gasteiger partial charge in [0.2, 0.25) is 5.91 Å². The maximum absolute atomic E-state index is 15.6. The standard InChI is InChI=1S/C46H61F2N7O5S/c1-33-49-18-24-53(33)32-46(36-9-6-10-37(47)25-36,40-11-7-12-42(40)50-45(57)60-2)35-16-22-52(23-17-35)27-34-28-54(29-34)43-15-14-38(26-41(43)48)61(58,59)39-30-55(31-39)44(56)13-8-21-51-19-4-3-5-20-51/h6,8-10,13-15,18,24-26,34-35,39-40,42H,3-5,7,11-12,16-17,19-23,27-32H2,1-2H3,(H,50,57)/b13-8+/t40-,42-,46-/m0/s1. The highest BCUT2D eigenvalue weighted by Crippen LogP contribution is 2.52. The van der Waals surface area contributed by atoms with Gasteiger partial charge in [0.1, 0.15) is 22.7 Å². The van der Waals surface area contributed by atoms with E-state index in [1.54, 1.807) is 30.5 Å². The zero-order valence-electron chi connectivity index (χ0n) is 35.6. The van der Waals surface area contributed by atoms with E-state index in [0.29, 0.717) is 31.2 Å². The van der Waals surface area contributed by atoms with Crippen molar-refractivity contribution in [2.45, 2.75) is 86.4 Å². The number of piperidine rings is 2. The highest BCUT2D eigenvalue weighted by atomic mass is 32.2. The first-order valence-corrected chi connectivity index (χ1v) is 23.8. The molecule has 1 N–H and O–H groups in total. The van der Waals surface area contributed by atoms with Crippen LogP contribution < -0.4 is 10.2 Å². The first-order valence-electron chi connectivity index (χ1n) is 22.2. The quantitative estimate of drug-likeness (QED) is 0.201. The number of methoxy groups -OCH3 is 1. The van der Waals surface area contributed by atoms with E-state index in [1.807, 2.05) is 24.1 Å². The van der Waals surface area contributed by atoms with Gasteiger partial charge in [0, 0.05) is 81.7 Å². The maximum Gasteiger partial charge on any atom is 0.407 e. The fourth-order valence-corrected chi connectivity index (χ4v) is 12.7. The molecule has 5 heterocycles. The van der Waals surface area contributed by atoms with Crippen LogP contribution in [0.5, 0.6) is 0 Å². The molecule has 5 fully saturated rings. The van der Waals surface area contributed by atoms with Crippen molar-refractivity contribution in [3.05, 3.63) is 90.0 Å². The van der Waals surface area contributed by atoms with Crippen LogP contribution in [0.15, 0.2) is 71.9 Å². The Bertz CT molecular complexity index is 2160. The van der Waals surface area contributed by atoms with E-state index in [9.17, 15) is 18.0 Å². The summed E-state index contributed by atoms with van der Waals surface area (Å²) in [5.74, 6) is 0.459. The van der Waals surface area contributed by atoms with E-state index >= 15 is 8.78 Å². The Morgan fingerprint density at radius 2 is 1.70 bits per heavy atom. The second kappa shape index (κ2) is 18.6. The largest absolute Gasteiger partial charge is 0.453 e. The van der Waals surface area contributed by atoms with Crippen LogP contribution in [0, 0.1) is 36.3 Å². The minimum absolute atomic E-state index is 0.0473. The van der Waals surface area contributed by atoms with Crippen molar-refractivity contribution in [3.63, 3.8) is 0 Å². The molecule has 0 radical (unpaired) electrons. The maximum atomic E-state index is 15.6. The number of benzene rings is 2. The molecule has 2 amide bonds. The lowest BCUT2D eigenvalue weighted by atomic mass is 9.58. The van der Waals surface area contributed by atoms with E-state index in [4.69, 9.17) is 4.74 Å². The first kappa shape index (κ1) is 43.3. The molecule has 8 rings (SSSR count). The molecule has 61 heavy (non-hydrogen) atoms. The number of likely N-dealkylation sites (tertiary alicyclic amines) is 3. The summed E-state index contributed by atoms with van der Waals surface area (Å²) in [5.41, 5.74) is 0.875. The van der Waals surface area contributed by atoms with Crippen LogP contribution in [0.2, 0.25) is 0 Å². The smallest absolute Gasteiger partial charge is 0.407 e. The van der Waals surface area contributed by atoms with Crippen LogP contribution in [-0.2, 0) is 31.3 Å². The van der Waals surface area contributed by atoms with Crippen molar-refractivity contribution in [2.24, 2.45) is 17.8 Å². The zero-order chi connectivity index (χ0) is 42.7. The molecule has 0 unspecified atom stereocenters. The van der Waals surface area contributed by atoms with E-state index in [-0.39, 0.29) is 47.6 Å². The van der Waals surface area contributed by atoms with Crippen LogP contribution in [0.25, 0.3) is 0 Å². The van der Waals surface area contributed by atoms with Crippen LogP contribution in [0.3, 0.4) is 0 Å². The van der Waals surface area contributed by atoms with Crippen LogP contribution >= 0.6 is 0 Å². The second-order valence-corrected chi connectivity index (χ2v) is 20.3. The number of sulfone groups is 1. The number of carbonyl (C=O) groups is 2. The third-order valence-electron chi connectivity index (χ3n) is 14.4. The lowest BCUT2D eigenvalue weighted by molar-refractivity contribution is -0.129. The minimum Gasteiger partial charge on any atom is -0.453 e. The number of aromatic nitrogens is 2. The summed E-state index contributed by atoms with van der Waals surface area (Å²) >= 11 is 0. The summed E-state index contributed by atoms with van der Waals surface area (Å²) in [6.45, 7) is 9.55. The van der Waals surface area contributed by atoms with Gasteiger partial charge in [-0.2, -0.15) is 0 Å². The summed E-state index contributed by atoms with van der Waals surface area (Å²) in [6, 6.07) is 11.1. The number of anilines is 1. The van der Waals surface area contributed by atoms with Gasteiger partial charge >= 0.3 is 6.09 Å². The fraction of sp³-hybridized carbons (Fsp3) is 0.587. The Hall–Kier alpha value is -4.34. The van der Waals surface area contributed by atoms with Crippen LogP contribution in [0.4, 0.5) is 19.3 Å². The van der Waals surface area contributed by atoms with Crippen molar-refractivity contribution in [1.82, 2.24) is 29.6 Å². The molecule has 0 spiro atoms. The molecule has 330 valence electrons. The molecule has 5 aliphatic rings. The Morgan fingerprint density at radius 1 is 0.934 bits per heavy atom. The van der Waals surface area contributed by atoms with Gasteiger partial charge in [-0.3, -0.25) is 9.69 Å². The van der Waals surface area contributed by atoms with Crippen molar-refractivity contribution < 1.29 is 31.5 Å². The van der Waals surface area contributed by atoms with Gasteiger partial charge in [0.05, 0.1) is 17.7 Å². The molecule has 12 nitrogen and oxygen atoms in total. The Morgan fingerprint density at radius 3 is 2.39 bits per heavy atom. The number of imidazole rings is 1. The Labute approximate surface area is 359 Å². The molecule has 4 saturated heterocycles. The molecule has 2 aromatic carbocycles. The number of halogens is 2. The predicted molar refractivity (Wildman–Crippen MR) is 230 cm³/mol. The van der Waals surface area contributed by atoms with E-state index < -0.39 is 32.4 Å². The lowest BCUT2D eigenvalue weighted by Gasteiger charge is -2.51. The van der Waals surface area contributed by atoms with Gasteiger partial charge < -0.3 is 29.3 Å². The molecule has 3 aromatic rings. The number of hydrogen-bond donors (Lipinski definition) is 1. The summed E-state index contributed by atoms with van der Waals surface area (Å²) in [5, 5.41) is 2.40. The molecular weight excluding hydrogens is 801 g/mol. The minimum atomic E-state index is -3.80. The number of hydrogen-bond acceptors (Lipinski definition) is 9. The molecule has 15 heteroatoms. The molecule has 4 aliphatic heterocycles. The van der Waals surface area contributed by atoms with Gasteiger partial charge in [-0.25, -0.2) is 27.0 Å². The molecule has 1 aromatic heterocycles. The average Bonchev–Trinajstić information content (AvgIpc) is 3.86. The summed E-state index contributed by atoms with van der Waals surface area (Å²) in [6.07, 6.45) is 14.8. The van der Waals surface area contributed by atoms with Crippen LogP contribution in [0.1, 0.15) is 62.8 Å². The van der Waals surface area contributed by atoms with Crippen LogP contribution in [-0.4, -0.2) is 129 Å². The second-order valence-electron chi connectivity index (χ2n) is 18.1. The highest BCUT2D eigenvalue weighted by Gasteiger charge is 2.52. The average molecular weight is 862 g/mol. The SMILES string of the molecule is COC(=O)N[C@H]1CCC[C@@H]1[C@](Cn1ccnc1C)(c1cccc(F)c1)C1CCN(CC2CN(c3ccc(S(=O)(=O)C4CN(C(=O)/C=C/CN5CCCCC5)C4)cc3F)C2)CC1. The van der Waals surface area contributed by atoms with E-state index in [2.05, 4.69) is 30.7 Å². The zero-order valence-corrected chi connectivity index (χ0v) is 36.4. The van der Waals surface area contributed by atoms with Crippen molar-refractivity contribution in [2.75, 3.05) is 77.5 Å². The predicted octanol–water partition coefficient (Wildman–Crippen LogP) is 5.81. The van der Waals surface area contributed by atoms with Gasteiger partial charge in [0.25, 0.3) is 0 Å². The molecule has 0 bridgehead atoms. The molecule has 3 atom stereocenters. The number of rotatable bonds is 14. The topological polar surface area (TPSA) is 120 Å². The third kappa shape index (κ3) is 9.25. The highest BCUT2D eigenvalue weighted by molar-refractivity contribution is 7.92. The van der Waals surface area contributed by atoms with Gasteiger partial charge in [-0.1, -0.05) is 31.1 Å². The van der Waals surface area contributed by atoms with E-state index in [1.165, 1.54) is 43.4 Å². The number of alkyl carbamates (subject to hydrolysis) is 1. The molecule has 1 aliphatic carbocycles. The fourth-order valence-electron chi connectivity index (χ4n) is 11.0. The Kier molecular flexibility index (Phi) is 13.2. The van der Waals surface area contributed by atoms with Gasteiger partial charge in [-0.05, 0) is 119 Å². The number of nitrogens with zero attached hydrogens (tertiary/aromatic N) is 6. The number of nitrogens with one attached hydrogen (secondary N) is 1. The first-order chi connectivity index (χ1) is 29.4. The monoisotopic (exact) mass is 861 g/mol. The van der Waals surface area contributed by atoms with Crippen molar-refractivity contribution in [3.8, 4) is 0 Å². The summed E-state index contributed by atoms with van der Waals surface area (Å²) in [4.78, 5) is 38.0. The van der Waals surface area contributed by atoms with E-state index in [0.717, 1.165) is 88.8 Å². The Balaban J connectivity index is 0.875. The normalized spacial score (nSPS) is 23.5. The number of carbonyl (C=O) groups excluding carboxylic acids is 2. The molecule has 1 saturated carbocycles. The summed E-state index contributed by atoms with van der Waals surface area (Å²) in [7, 11) is -2.41. The number of amides is 2. The number of ether oxygens (including phenoxy) is 1. The molecular formula is C46H61F2N7O5S. The van der Waals surface area contributed by atoms with Gasteiger partial charge in [0.15, 0.2) is 9.84 Å². The summed E-state index contributed by atoms with van der Waals surface area (Å²) < 4.78 is 64.8. The number of aryl methyl sites for hydroxylation is 1. The van der Waals surface area contributed by atoms with Crippen molar-refractivity contribution in [1.29, 1.82) is 0 Å². The van der Waals surface area contributed by atoms with Crippen molar-refractivity contribution >= 4 is 27.5 Å². The van der Waals surface area contributed by atoms with Gasteiger partial charge in [-0.15, -0.1) is 0 Å². The lowest BCUT2D eigenvalue weighted by Crippen LogP contribution is -2.56.